The molecule has 0 bridgehead atoms. The van der Waals surface area contributed by atoms with E-state index in [0.29, 0.717) is 33.8 Å². The summed E-state index contributed by atoms with van der Waals surface area (Å²) in [7, 11) is 1.51. The van der Waals surface area contributed by atoms with E-state index in [-0.39, 0.29) is 48.1 Å². The number of halogens is 1. The lowest BCUT2D eigenvalue weighted by molar-refractivity contribution is -0.136. The summed E-state index contributed by atoms with van der Waals surface area (Å²) < 4.78 is 7.27. The highest BCUT2D eigenvalue weighted by Gasteiger charge is 2.47. The van der Waals surface area contributed by atoms with Crippen LogP contribution in [0.2, 0.25) is 5.02 Å². The Labute approximate surface area is 369 Å². The number of nitrogens with zero attached hydrogens (tertiary/aromatic N) is 7. The SMILES string of the molecule is CNC(=O)COc1cc2cc(Nc3nc(N4CCC(CN5CC6(CCN(c7ccc8c(c7)C(=O)N(C7CCC(=O)NC7=O)C8=O)CC6)C5)CC4)ncc3Cl)ccc2n(C(C)C)c1=O. The molecule has 0 saturated carbocycles. The Kier molecular flexibility index (Phi) is 11.3. The number of hydrogen-bond acceptors (Lipinski definition) is 13. The topological polar surface area (TPSA) is 191 Å². The van der Waals surface area contributed by atoms with Crippen molar-refractivity contribution in [2.45, 2.75) is 64.5 Å². The predicted molar refractivity (Wildman–Crippen MR) is 237 cm³/mol. The zero-order valence-electron chi connectivity index (χ0n) is 35.6. The summed E-state index contributed by atoms with van der Waals surface area (Å²) >= 11 is 6.61. The van der Waals surface area contributed by atoms with Crippen LogP contribution in [0, 0.1) is 11.3 Å². The molecule has 3 N–H and O–H groups in total. The van der Waals surface area contributed by atoms with Crippen LogP contribution in [-0.4, -0.2) is 119 Å². The molecule has 5 aliphatic rings. The second-order valence-electron chi connectivity index (χ2n) is 17.8. The summed E-state index contributed by atoms with van der Waals surface area (Å²) in [6.45, 7) is 10.2. The normalized spacial score (nSPS) is 20.3. The maximum atomic E-state index is 13.4. The van der Waals surface area contributed by atoms with Gasteiger partial charge in [0.1, 0.15) is 11.1 Å². The van der Waals surface area contributed by atoms with Crippen molar-refractivity contribution in [1.82, 2.24) is 35.0 Å². The number of imide groups is 2. The molecule has 5 aliphatic heterocycles. The summed E-state index contributed by atoms with van der Waals surface area (Å²) in [5, 5.41) is 9.23. The van der Waals surface area contributed by atoms with Crippen LogP contribution in [0.15, 0.2) is 53.5 Å². The number of aromatic nitrogens is 3. The first-order chi connectivity index (χ1) is 30.3. The Morgan fingerprint density at radius 1 is 0.937 bits per heavy atom. The van der Waals surface area contributed by atoms with Gasteiger partial charge >= 0.3 is 0 Å². The minimum Gasteiger partial charge on any atom is -0.478 e. The van der Waals surface area contributed by atoms with Gasteiger partial charge in [0.15, 0.2) is 18.2 Å². The highest BCUT2D eigenvalue weighted by molar-refractivity contribution is 6.33. The van der Waals surface area contributed by atoms with Gasteiger partial charge < -0.3 is 34.6 Å². The molecule has 4 fully saturated rings. The average molecular weight is 879 g/mol. The van der Waals surface area contributed by atoms with Crippen LogP contribution < -0.4 is 36.0 Å². The lowest BCUT2D eigenvalue weighted by atomic mass is 9.71. The zero-order chi connectivity index (χ0) is 44.2. The number of hydrogen-bond donors (Lipinski definition) is 3. The number of pyridine rings is 1. The highest BCUT2D eigenvalue weighted by atomic mass is 35.5. The molecule has 2 aromatic carbocycles. The molecule has 17 nitrogen and oxygen atoms in total. The Bertz CT molecular complexity index is 2570. The third-order valence-electron chi connectivity index (χ3n) is 13.3. The van der Waals surface area contributed by atoms with Gasteiger partial charge in [-0.05, 0) is 99.7 Å². The molecule has 9 rings (SSSR count). The van der Waals surface area contributed by atoms with Crippen LogP contribution in [0.3, 0.4) is 0 Å². The lowest BCUT2D eigenvalue weighted by Crippen LogP contribution is -2.61. The van der Waals surface area contributed by atoms with Crippen molar-refractivity contribution in [2.24, 2.45) is 11.3 Å². The molecule has 0 aliphatic carbocycles. The fourth-order valence-electron chi connectivity index (χ4n) is 9.89. The quantitative estimate of drug-likeness (QED) is 0.183. The van der Waals surface area contributed by atoms with Crippen molar-refractivity contribution < 1.29 is 28.7 Å². The number of piperidine rings is 3. The summed E-state index contributed by atoms with van der Waals surface area (Å²) in [5.74, 6) is -0.553. The van der Waals surface area contributed by atoms with Crippen molar-refractivity contribution in [3.63, 3.8) is 0 Å². The number of rotatable bonds is 11. The van der Waals surface area contributed by atoms with E-state index in [9.17, 15) is 28.8 Å². The molecule has 18 heteroatoms. The number of fused-ring (bicyclic) bond motifs is 2. The van der Waals surface area contributed by atoms with Gasteiger partial charge in [-0.15, -0.1) is 0 Å². The number of carbonyl (C=O) groups is 5. The van der Waals surface area contributed by atoms with E-state index in [4.69, 9.17) is 21.3 Å². The molecule has 4 aromatic rings. The van der Waals surface area contributed by atoms with Crippen LogP contribution in [-0.2, 0) is 14.4 Å². The standard InChI is InChI=1S/C45H51ClN10O7/c1-26(2)55-34-7-4-29(18-28(34)19-36(43(55)62)63-23-38(58)47-3)49-39-33(46)21-48-44(51-39)54-14-10-27(11-15-54)22-52-24-45(25-52)12-16-53(17-13-45)30-5-6-31-32(20-30)42(61)56(41(31)60)35-8-9-37(57)50-40(35)59/h4-7,18-21,26-27,35H,8-17,22-25H2,1-3H3,(H,47,58)(H,48,49,51)(H,50,57,59). The van der Waals surface area contributed by atoms with E-state index in [1.165, 1.54) is 7.05 Å². The number of carbonyl (C=O) groups excluding carboxylic acids is 5. The molecule has 63 heavy (non-hydrogen) atoms. The molecule has 330 valence electrons. The van der Waals surface area contributed by atoms with E-state index >= 15 is 0 Å². The van der Waals surface area contributed by atoms with Crippen LogP contribution in [0.4, 0.5) is 23.1 Å². The molecule has 4 saturated heterocycles. The first kappa shape index (κ1) is 42.2. The molecule has 0 radical (unpaired) electrons. The predicted octanol–water partition coefficient (Wildman–Crippen LogP) is 4.11. The number of benzene rings is 2. The summed E-state index contributed by atoms with van der Waals surface area (Å²) in [6.07, 6.45) is 5.99. The van der Waals surface area contributed by atoms with Gasteiger partial charge in [0.25, 0.3) is 23.3 Å². The molecule has 2 aromatic heterocycles. The molecule has 1 spiro atoms. The van der Waals surface area contributed by atoms with Crippen LogP contribution in [0.25, 0.3) is 10.9 Å². The van der Waals surface area contributed by atoms with Crippen LogP contribution in [0.1, 0.15) is 79.1 Å². The highest BCUT2D eigenvalue weighted by Crippen LogP contribution is 2.43. The fourth-order valence-corrected chi connectivity index (χ4v) is 10.0. The van der Waals surface area contributed by atoms with Gasteiger partial charge in [0, 0.05) is 82.1 Å². The first-order valence-corrected chi connectivity index (χ1v) is 22.1. The Morgan fingerprint density at radius 3 is 2.40 bits per heavy atom. The van der Waals surface area contributed by atoms with E-state index in [1.54, 1.807) is 29.0 Å². The smallest absolute Gasteiger partial charge is 0.293 e. The molecular weight excluding hydrogens is 828 g/mol. The largest absolute Gasteiger partial charge is 0.478 e. The zero-order valence-corrected chi connectivity index (χ0v) is 36.4. The van der Waals surface area contributed by atoms with Crippen molar-refractivity contribution in [3.8, 4) is 5.75 Å². The van der Waals surface area contributed by atoms with E-state index in [0.717, 1.165) is 98.7 Å². The lowest BCUT2D eigenvalue weighted by Gasteiger charge is -2.55. The Balaban J connectivity index is 0.765. The second kappa shape index (κ2) is 16.9. The van der Waals surface area contributed by atoms with Gasteiger partial charge in [-0.1, -0.05) is 11.6 Å². The summed E-state index contributed by atoms with van der Waals surface area (Å²) in [6, 6.07) is 11.6. The Morgan fingerprint density at radius 2 is 1.68 bits per heavy atom. The van der Waals surface area contributed by atoms with Gasteiger partial charge in [-0.25, -0.2) is 4.98 Å². The number of likely N-dealkylation sites (N-methyl/N-ethyl adjacent to an activating group) is 1. The second-order valence-corrected chi connectivity index (χ2v) is 18.2. The number of anilines is 4. The maximum absolute atomic E-state index is 13.4. The van der Waals surface area contributed by atoms with Gasteiger partial charge in [-0.2, -0.15) is 4.98 Å². The van der Waals surface area contributed by atoms with E-state index < -0.39 is 29.7 Å². The number of ether oxygens (including phenoxy) is 1. The van der Waals surface area contributed by atoms with E-state index in [1.807, 2.05) is 38.1 Å². The minimum absolute atomic E-state index is 0.0897. The van der Waals surface area contributed by atoms with Crippen molar-refractivity contribution >= 4 is 75.2 Å². The third kappa shape index (κ3) is 8.19. The van der Waals surface area contributed by atoms with Crippen molar-refractivity contribution in [3.05, 3.63) is 75.2 Å². The maximum Gasteiger partial charge on any atom is 0.293 e. The van der Waals surface area contributed by atoms with Gasteiger partial charge in [0.05, 0.1) is 22.8 Å². The molecule has 1 unspecified atom stereocenters. The summed E-state index contributed by atoms with van der Waals surface area (Å²) in [5.41, 5.74) is 2.94. The molecule has 1 atom stereocenters. The third-order valence-corrected chi connectivity index (χ3v) is 13.6. The van der Waals surface area contributed by atoms with Crippen molar-refractivity contribution in [2.75, 3.05) is 74.6 Å². The van der Waals surface area contributed by atoms with Crippen LogP contribution in [0.5, 0.6) is 5.75 Å². The molecule has 7 heterocycles. The van der Waals surface area contributed by atoms with Crippen LogP contribution >= 0.6 is 11.6 Å². The minimum atomic E-state index is -0.976. The number of amides is 5. The monoisotopic (exact) mass is 878 g/mol. The Hall–Kier alpha value is -6.07. The molecule has 5 amide bonds. The van der Waals surface area contributed by atoms with Crippen molar-refractivity contribution in [1.29, 1.82) is 0 Å². The number of likely N-dealkylation sites (tertiary alicyclic amines) is 1. The first-order valence-electron chi connectivity index (χ1n) is 21.7. The number of nitrogens with one attached hydrogen (secondary N) is 3. The fraction of sp³-hybridized carbons (Fsp3) is 0.467. The average Bonchev–Trinajstić information content (AvgIpc) is 3.51. The van der Waals surface area contributed by atoms with E-state index in [2.05, 4.69) is 35.6 Å². The molecular formula is C45H51ClN10O7. The van der Waals surface area contributed by atoms with Gasteiger partial charge in [0.2, 0.25) is 17.8 Å². The van der Waals surface area contributed by atoms with Gasteiger partial charge in [-0.3, -0.25) is 39.0 Å². The summed E-state index contributed by atoms with van der Waals surface area (Å²) in [4.78, 5) is 93.3.